The number of likely N-dealkylation sites (N-methyl/N-ethyl adjacent to an activating group) is 1. The van der Waals surface area contributed by atoms with Gasteiger partial charge in [-0.25, -0.2) is 0 Å². The highest BCUT2D eigenvalue weighted by atomic mass is 16.6. The van der Waals surface area contributed by atoms with Gasteiger partial charge in [0.25, 0.3) is 5.91 Å². The Bertz CT molecular complexity index is 1090. The highest BCUT2D eigenvalue weighted by molar-refractivity contribution is 5.77. The van der Waals surface area contributed by atoms with Gasteiger partial charge in [-0.1, -0.05) is 18.2 Å². The van der Waals surface area contributed by atoms with Gasteiger partial charge in [0.05, 0.1) is 107 Å². The van der Waals surface area contributed by atoms with Crippen molar-refractivity contribution in [1.29, 1.82) is 0 Å². The maximum Gasteiger partial charge on any atom is 0.258 e. The van der Waals surface area contributed by atoms with Crippen LogP contribution in [-0.4, -0.2) is 139 Å². The molecule has 2 aromatic rings. The smallest absolute Gasteiger partial charge is 0.258 e. The first-order valence-corrected chi connectivity index (χ1v) is 17.0. The van der Waals surface area contributed by atoms with Crippen LogP contribution in [0.4, 0.5) is 0 Å². The molecular weight excluding hydrogens is 636 g/mol. The summed E-state index contributed by atoms with van der Waals surface area (Å²) >= 11 is 0. The molecule has 2 rings (SSSR count). The lowest BCUT2D eigenvalue weighted by Gasteiger charge is -2.11. The summed E-state index contributed by atoms with van der Waals surface area (Å²) < 4.78 is 54.6. The summed E-state index contributed by atoms with van der Waals surface area (Å²) in [4.78, 5) is 12.2. The normalized spacial score (nSPS) is 11.1. The molecule has 0 aromatic heterocycles. The Morgan fingerprint density at radius 1 is 0.571 bits per heavy atom. The number of rotatable bonds is 33. The van der Waals surface area contributed by atoms with E-state index in [1.54, 1.807) is 14.2 Å². The number of carbonyl (C=O) groups is 1. The Balaban J connectivity index is 1.34. The van der Waals surface area contributed by atoms with Crippen LogP contribution in [0.1, 0.15) is 17.5 Å². The zero-order valence-corrected chi connectivity index (χ0v) is 29.7. The van der Waals surface area contributed by atoms with E-state index in [0.29, 0.717) is 105 Å². The summed E-state index contributed by atoms with van der Waals surface area (Å²) in [6.45, 7) is 8.34. The van der Waals surface area contributed by atoms with E-state index in [2.05, 4.69) is 22.8 Å². The van der Waals surface area contributed by atoms with Crippen LogP contribution >= 0.6 is 0 Å². The molecule has 0 atom stereocenters. The van der Waals surface area contributed by atoms with Crippen molar-refractivity contribution in [1.82, 2.24) is 10.6 Å². The molecule has 0 bridgehead atoms. The molecule has 0 unspecified atom stereocenters. The van der Waals surface area contributed by atoms with Crippen molar-refractivity contribution < 1.29 is 52.2 Å². The number of aryl methyl sites for hydroxylation is 2. The van der Waals surface area contributed by atoms with Crippen molar-refractivity contribution in [3.63, 3.8) is 0 Å². The number of ether oxygens (including phenoxy) is 10. The van der Waals surface area contributed by atoms with E-state index in [-0.39, 0.29) is 12.5 Å². The first-order valence-electron chi connectivity index (χ1n) is 17.0. The van der Waals surface area contributed by atoms with Gasteiger partial charge in [0.1, 0.15) is 5.75 Å². The third-order valence-electron chi connectivity index (χ3n) is 6.94. The molecule has 0 aliphatic rings. The van der Waals surface area contributed by atoms with Crippen LogP contribution in [-0.2, 0) is 50.8 Å². The third kappa shape index (κ3) is 22.4. The molecule has 0 heterocycles. The lowest BCUT2D eigenvalue weighted by Crippen LogP contribution is -2.31. The molecule has 0 radical (unpaired) electrons. The summed E-state index contributed by atoms with van der Waals surface area (Å²) in [5.41, 5.74) is 2.35. The summed E-state index contributed by atoms with van der Waals surface area (Å²) in [5, 5.41) is 5.82. The minimum Gasteiger partial charge on any atom is -0.493 e. The molecular formula is C36H58N2O11. The van der Waals surface area contributed by atoms with Gasteiger partial charge in [-0.15, -0.1) is 0 Å². The van der Waals surface area contributed by atoms with Crippen LogP contribution in [0, 0.1) is 0 Å². The first kappa shape index (κ1) is 42.2. The summed E-state index contributed by atoms with van der Waals surface area (Å²) in [7, 11) is 5.17. The van der Waals surface area contributed by atoms with Gasteiger partial charge < -0.3 is 58.0 Å². The zero-order chi connectivity index (χ0) is 35.0. The number of nitrogens with one attached hydrogen (secondary N) is 2. The second-order valence-electron chi connectivity index (χ2n) is 10.7. The Morgan fingerprint density at radius 3 is 1.57 bits per heavy atom. The maximum absolute atomic E-state index is 12.2. The van der Waals surface area contributed by atoms with Gasteiger partial charge >= 0.3 is 0 Å². The predicted molar refractivity (Wildman–Crippen MR) is 186 cm³/mol. The van der Waals surface area contributed by atoms with Crippen LogP contribution in [0.25, 0.3) is 0 Å². The predicted octanol–water partition coefficient (Wildman–Crippen LogP) is 2.71. The number of methoxy groups -OCH3 is 2. The van der Waals surface area contributed by atoms with Crippen molar-refractivity contribution in [3.05, 3.63) is 53.6 Å². The summed E-state index contributed by atoms with van der Waals surface area (Å²) in [6.07, 6.45) is 2.78. The molecule has 49 heavy (non-hydrogen) atoms. The molecule has 0 fully saturated rings. The van der Waals surface area contributed by atoms with E-state index in [1.165, 1.54) is 5.56 Å². The van der Waals surface area contributed by atoms with Gasteiger partial charge in [-0.3, -0.25) is 4.79 Å². The highest BCUT2D eigenvalue weighted by Gasteiger charge is 2.06. The van der Waals surface area contributed by atoms with Crippen molar-refractivity contribution in [3.8, 4) is 17.2 Å². The number of hydrogen-bond donors (Lipinski definition) is 2. The maximum atomic E-state index is 12.2. The molecule has 0 aliphatic carbocycles. The number of carbonyl (C=O) groups excluding carboxylic acids is 1. The quantitative estimate of drug-likeness (QED) is 0.107. The number of hydrogen-bond acceptors (Lipinski definition) is 12. The van der Waals surface area contributed by atoms with Crippen molar-refractivity contribution in [2.45, 2.75) is 19.3 Å². The van der Waals surface area contributed by atoms with E-state index < -0.39 is 0 Å². The summed E-state index contributed by atoms with van der Waals surface area (Å²) in [6, 6.07) is 13.8. The average molecular weight is 695 g/mol. The zero-order valence-electron chi connectivity index (χ0n) is 29.7. The standard InChI is InChI=1S/C36H58N2O11/c1-37-12-14-42-16-18-44-20-22-46-24-26-48-27-25-47-23-21-45-19-17-43-15-13-38-36(39)30-49-33-9-5-8-31(28-33)6-4-7-32-10-11-34(40-2)35(29-32)41-3/h5,8-11,28-29,37H,4,6-7,12-27,30H2,1-3H3,(H,38,39). The molecule has 0 aliphatic heterocycles. The number of benzene rings is 2. The molecule has 2 N–H and O–H groups in total. The van der Waals surface area contributed by atoms with Crippen LogP contribution in [0.5, 0.6) is 17.2 Å². The minimum absolute atomic E-state index is 0.0546. The molecule has 13 heteroatoms. The molecule has 278 valence electrons. The van der Waals surface area contributed by atoms with Crippen molar-refractivity contribution in [2.24, 2.45) is 0 Å². The third-order valence-corrected chi connectivity index (χ3v) is 6.94. The van der Waals surface area contributed by atoms with Crippen LogP contribution < -0.4 is 24.8 Å². The fourth-order valence-corrected chi connectivity index (χ4v) is 4.38. The topological polar surface area (TPSA) is 133 Å². The molecule has 2 aromatic carbocycles. The van der Waals surface area contributed by atoms with E-state index in [4.69, 9.17) is 47.4 Å². The van der Waals surface area contributed by atoms with Crippen LogP contribution in [0.2, 0.25) is 0 Å². The number of amides is 1. The minimum atomic E-state index is -0.199. The fraction of sp³-hybridized carbons (Fsp3) is 0.639. The SMILES string of the molecule is CNCCOCCOCCOCCOCCOCCOCCOCCNC(=O)COc1cccc(CCCc2ccc(OC)c(OC)c2)c1. The lowest BCUT2D eigenvalue weighted by atomic mass is 10.0. The Morgan fingerprint density at radius 2 is 1.06 bits per heavy atom. The molecule has 0 spiro atoms. The van der Waals surface area contributed by atoms with E-state index in [0.717, 1.165) is 42.9 Å². The molecule has 13 nitrogen and oxygen atoms in total. The molecule has 0 saturated carbocycles. The second kappa shape index (κ2) is 29.9. The van der Waals surface area contributed by atoms with Crippen LogP contribution in [0.15, 0.2) is 42.5 Å². The molecule has 1 amide bonds. The van der Waals surface area contributed by atoms with Crippen LogP contribution in [0.3, 0.4) is 0 Å². The summed E-state index contributed by atoms with van der Waals surface area (Å²) in [5.74, 6) is 1.93. The van der Waals surface area contributed by atoms with Gasteiger partial charge in [0, 0.05) is 13.1 Å². The monoisotopic (exact) mass is 694 g/mol. The molecule has 0 saturated heterocycles. The largest absolute Gasteiger partial charge is 0.493 e. The van der Waals surface area contributed by atoms with Crippen molar-refractivity contribution >= 4 is 5.91 Å². The van der Waals surface area contributed by atoms with E-state index in [9.17, 15) is 4.79 Å². The lowest BCUT2D eigenvalue weighted by molar-refractivity contribution is -0.123. The Labute approximate surface area is 292 Å². The second-order valence-corrected chi connectivity index (χ2v) is 10.7. The fourth-order valence-electron chi connectivity index (χ4n) is 4.38. The average Bonchev–Trinajstić information content (AvgIpc) is 3.12. The van der Waals surface area contributed by atoms with Gasteiger partial charge in [0.2, 0.25) is 0 Å². The van der Waals surface area contributed by atoms with E-state index in [1.807, 2.05) is 37.4 Å². The first-order chi connectivity index (χ1) is 24.2. The van der Waals surface area contributed by atoms with Gasteiger partial charge in [0.15, 0.2) is 18.1 Å². The van der Waals surface area contributed by atoms with Gasteiger partial charge in [-0.2, -0.15) is 0 Å². The van der Waals surface area contributed by atoms with Crippen molar-refractivity contribution in [2.75, 3.05) is 133 Å². The Kier molecular flexibility index (Phi) is 25.7. The van der Waals surface area contributed by atoms with Gasteiger partial charge in [-0.05, 0) is 61.7 Å². The highest BCUT2D eigenvalue weighted by Crippen LogP contribution is 2.28. The van der Waals surface area contributed by atoms with E-state index >= 15 is 0 Å². The Hall–Kier alpha value is -3.01.